The predicted molar refractivity (Wildman–Crippen MR) is 59.6 cm³/mol. The van der Waals surface area contributed by atoms with Crippen LogP contribution in [0, 0.1) is 0 Å². The highest BCUT2D eigenvalue weighted by molar-refractivity contribution is 5.83. The van der Waals surface area contributed by atoms with Crippen molar-refractivity contribution in [3.05, 3.63) is 0 Å². The van der Waals surface area contributed by atoms with Gasteiger partial charge in [-0.15, -0.1) is 0 Å². The van der Waals surface area contributed by atoms with Crippen molar-refractivity contribution in [1.82, 2.24) is 10.2 Å². The van der Waals surface area contributed by atoms with Gasteiger partial charge >= 0.3 is 5.97 Å². The number of morpholine rings is 1. The molecule has 1 saturated heterocycles. The summed E-state index contributed by atoms with van der Waals surface area (Å²) in [5.74, 6) is -0.889. The first-order valence-corrected chi connectivity index (χ1v) is 5.98. The number of hydrogen-bond acceptors (Lipinski definition) is 4. The van der Waals surface area contributed by atoms with E-state index in [-0.39, 0.29) is 12.5 Å². The Morgan fingerprint density at radius 2 is 1.94 bits per heavy atom. The summed E-state index contributed by atoms with van der Waals surface area (Å²) in [5.41, 5.74) is -0.859. The average Bonchev–Trinajstić information content (AvgIpc) is 2.28. The first kappa shape index (κ1) is 12.3. The molecule has 1 saturated carbocycles. The van der Waals surface area contributed by atoms with Gasteiger partial charge in [0.25, 0.3) is 0 Å². The van der Waals surface area contributed by atoms with E-state index in [0.29, 0.717) is 39.1 Å². The quantitative estimate of drug-likeness (QED) is 0.691. The Bertz CT molecular complexity index is 309. The molecule has 1 aliphatic carbocycles. The molecule has 0 bridgehead atoms. The number of hydrogen-bond donors (Lipinski definition) is 2. The number of carboxylic acids is 1. The molecule has 2 N–H and O–H groups in total. The third-order valence-corrected chi connectivity index (χ3v) is 3.56. The number of carboxylic acid groups (broad SMARTS) is 1. The number of carbonyl (C=O) groups is 2. The Balaban J connectivity index is 1.80. The molecule has 0 spiro atoms. The van der Waals surface area contributed by atoms with E-state index < -0.39 is 11.5 Å². The van der Waals surface area contributed by atoms with Crippen molar-refractivity contribution in [3.63, 3.8) is 0 Å². The molecule has 1 amide bonds. The number of nitrogens with one attached hydrogen (secondary N) is 1. The normalized spacial score (nSPS) is 22.9. The molecule has 6 nitrogen and oxygen atoms in total. The van der Waals surface area contributed by atoms with Crippen LogP contribution in [-0.2, 0) is 14.3 Å². The number of amides is 1. The molecule has 2 aliphatic rings. The Hall–Kier alpha value is -1.14. The fourth-order valence-electron chi connectivity index (χ4n) is 2.17. The van der Waals surface area contributed by atoms with Crippen LogP contribution in [0.5, 0.6) is 0 Å². The van der Waals surface area contributed by atoms with Crippen molar-refractivity contribution in [1.29, 1.82) is 0 Å². The Labute approximate surface area is 99.9 Å². The smallest absolute Gasteiger partial charge is 0.323 e. The third-order valence-electron chi connectivity index (χ3n) is 3.56. The largest absolute Gasteiger partial charge is 0.480 e. The van der Waals surface area contributed by atoms with Gasteiger partial charge in [0, 0.05) is 13.1 Å². The van der Waals surface area contributed by atoms with Gasteiger partial charge in [-0.3, -0.25) is 14.9 Å². The van der Waals surface area contributed by atoms with Gasteiger partial charge in [-0.2, -0.15) is 0 Å². The lowest BCUT2D eigenvalue weighted by atomic mass is 9.77. The fraction of sp³-hybridized carbons (Fsp3) is 0.818. The maximum absolute atomic E-state index is 11.8. The SMILES string of the molecule is O=C(CNC1(C(=O)O)CCC1)N1CCOCC1. The minimum absolute atomic E-state index is 0.0409. The number of carbonyl (C=O) groups excluding carboxylic acids is 1. The minimum Gasteiger partial charge on any atom is -0.480 e. The van der Waals surface area contributed by atoms with E-state index in [1.54, 1.807) is 4.90 Å². The van der Waals surface area contributed by atoms with Gasteiger partial charge in [0.1, 0.15) is 5.54 Å². The first-order chi connectivity index (χ1) is 8.14. The highest BCUT2D eigenvalue weighted by atomic mass is 16.5. The van der Waals surface area contributed by atoms with E-state index in [0.717, 1.165) is 6.42 Å². The second-order valence-corrected chi connectivity index (χ2v) is 4.59. The highest BCUT2D eigenvalue weighted by Crippen LogP contribution is 2.31. The van der Waals surface area contributed by atoms with E-state index in [9.17, 15) is 9.59 Å². The topological polar surface area (TPSA) is 78.9 Å². The summed E-state index contributed by atoms with van der Waals surface area (Å²) >= 11 is 0. The van der Waals surface area contributed by atoms with E-state index in [4.69, 9.17) is 9.84 Å². The molecule has 17 heavy (non-hydrogen) atoms. The third kappa shape index (κ3) is 2.58. The molecule has 0 aromatic heterocycles. The Kier molecular flexibility index (Phi) is 3.63. The Morgan fingerprint density at radius 1 is 1.29 bits per heavy atom. The molecule has 1 heterocycles. The summed E-state index contributed by atoms with van der Waals surface area (Å²) < 4.78 is 5.16. The number of ether oxygens (including phenoxy) is 1. The van der Waals surface area contributed by atoms with Crippen LogP contribution in [0.15, 0.2) is 0 Å². The zero-order chi connectivity index (χ0) is 12.3. The summed E-state index contributed by atoms with van der Waals surface area (Å²) in [4.78, 5) is 24.6. The molecule has 2 fully saturated rings. The van der Waals surface area contributed by atoms with E-state index in [1.165, 1.54) is 0 Å². The van der Waals surface area contributed by atoms with Crippen molar-refractivity contribution < 1.29 is 19.4 Å². The maximum Gasteiger partial charge on any atom is 0.323 e. The molecule has 96 valence electrons. The van der Waals surface area contributed by atoms with Crippen LogP contribution >= 0.6 is 0 Å². The molecule has 0 radical (unpaired) electrons. The standard InChI is InChI=1S/C11H18N2O4/c14-9(13-4-6-17-7-5-13)8-12-11(10(15)16)2-1-3-11/h12H,1-8H2,(H,15,16). The number of nitrogens with zero attached hydrogens (tertiary/aromatic N) is 1. The van der Waals surface area contributed by atoms with E-state index >= 15 is 0 Å². The highest BCUT2D eigenvalue weighted by Gasteiger charge is 2.44. The van der Waals surface area contributed by atoms with Crippen LogP contribution in [-0.4, -0.2) is 60.3 Å². The molecule has 0 unspecified atom stereocenters. The van der Waals surface area contributed by atoms with Crippen LogP contribution in [0.2, 0.25) is 0 Å². The lowest BCUT2D eigenvalue weighted by Crippen LogP contribution is -2.59. The molecule has 0 atom stereocenters. The summed E-state index contributed by atoms with van der Waals surface area (Å²) in [7, 11) is 0. The van der Waals surface area contributed by atoms with Gasteiger partial charge < -0.3 is 14.7 Å². The molecule has 0 aromatic rings. The van der Waals surface area contributed by atoms with Gasteiger partial charge in [-0.25, -0.2) is 0 Å². The maximum atomic E-state index is 11.8. The second kappa shape index (κ2) is 5.01. The molecule has 0 aromatic carbocycles. The molecular formula is C11H18N2O4. The number of aliphatic carboxylic acids is 1. The van der Waals surface area contributed by atoms with Gasteiger partial charge in [-0.1, -0.05) is 0 Å². The van der Waals surface area contributed by atoms with Crippen molar-refractivity contribution in [2.45, 2.75) is 24.8 Å². The summed E-state index contributed by atoms with van der Waals surface area (Å²) in [5, 5.41) is 12.0. The lowest BCUT2D eigenvalue weighted by Gasteiger charge is -2.39. The van der Waals surface area contributed by atoms with Crippen molar-refractivity contribution in [2.24, 2.45) is 0 Å². The molecule has 2 rings (SSSR count). The zero-order valence-corrected chi connectivity index (χ0v) is 9.78. The first-order valence-electron chi connectivity index (χ1n) is 5.98. The van der Waals surface area contributed by atoms with Gasteiger partial charge in [0.15, 0.2) is 0 Å². The van der Waals surface area contributed by atoms with Crippen molar-refractivity contribution >= 4 is 11.9 Å². The molecule has 1 aliphatic heterocycles. The fourth-order valence-corrected chi connectivity index (χ4v) is 2.17. The van der Waals surface area contributed by atoms with Crippen LogP contribution in [0.3, 0.4) is 0 Å². The number of rotatable bonds is 4. The zero-order valence-electron chi connectivity index (χ0n) is 9.78. The van der Waals surface area contributed by atoms with Crippen LogP contribution < -0.4 is 5.32 Å². The lowest BCUT2D eigenvalue weighted by molar-refractivity contribution is -0.149. The van der Waals surface area contributed by atoms with Gasteiger partial charge in [-0.05, 0) is 19.3 Å². The summed E-state index contributed by atoms with van der Waals surface area (Å²) in [6.07, 6.45) is 2.13. The average molecular weight is 242 g/mol. The van der Waals surface area contributed by atoms with Crippen LogP contribution in [0.1, 0.15) is 19.3 Å². The minimum atomic E-state index is -0.859. The van der Waals surface area contributed by atoms with E-state index in [1.807, 2.05) is 0 Å². The van der Waals surface area contributed by atoms with Gasteiger partial charge in [0.2, 0.25) is 5.91 Å². The van der Waals surface area contributed by atoms with Crippen molar-refractivity contribution in [3.8, 4) is 0 Å². The van der Waals surface area contributed by atoms with E-state index in [2.05, 4.69) is 5.32 Å². The molecule has 6 heteroatoms. The summed E-state index contributed by atoms with van der Waals surface area (Å²) in [6, 6.07) is 0. The van der Waals surface area contributed by atoms with Crippen LogP contribution in [0.4, 0.5) is 0 Å². The monoisotopic (exact) mass is 242 g/mol. The van der Waals surface area contributed by atoms with Crippen LogP contribution in [0.25, 0.3) is 0 Å². The predicted octanol–water partition coefficient (Wildman–Crippen LogP) is -0.558. The summed E-state index contributed by atoms with van der Waals surface area (Å²) in [6.45, 7) is 2.43. The van der Waals surface area contributed by atoms with Gasteiger partial charge in [0.05, 0.1) is 19.8 Å². The Morgan fingerprint density at radius 3 is 2.41 bits per heavy atom. The van der Waals surface area contributed by atoms with Crippen molar-refractivity contribution in [2.75, 3.05) is 32.8 Å². The molecular weight excluding hydrogens is 224 g/mol. The second-order valence-electron chi connectivity index (χ2n) is 4.59.